The summed E-state index contributed by atoms with van der Waals surface area (Å²) in [4.78, 5) is 13.5. The van der Waals surface area contributed by atoms with Gasteiger partial charge in [0.1, 0.15) is 11.5 Å². The third-order valence-corrected chi connectivity index (χ3v) is 3.28. The molecule has 1 fully saturated rings. The molecule has 2 aromatic carbocycles. The van der Waals surface area contributed by atoms with Crippen molar-refractivity contribution in [1.82, 2.24) is 0 Å². The molecule has 0 aromatic heterocycles. The van der Waals surface area contributed by atoms with Crippen LogP contribution in [0.5, 0.6) is 11.5 Å². The van der Waals surface area contributed by atoms with Crippen LogP contribution in [0, 0.1) is 0 Å². The van der Waals surface area contributed by atoms with Crippen LogP contribution < -0.4 is 15.4 Å². The van der Waals surface area contributed by atoms with Crippen molar-refractivity contribution in [2.24, 2.45) is 5.73 Å². The van der Waals surface area contributed by atoms with E-state index in [1.165, 1.54) is 0 Å². The van der Waals surface area contributed by atoms with Gasteiger partial charge in [-0.2, -0.15) is 0 Å². The van der Waals surface area contributed by atoms with Gasteiger partial charge in [0, 0.05) is 24.7 Å². The quantitative estimate of drug-likeness (QED) is 0.930. The Morgan fingerprint density at radius 1 is 1.00 bits per heavy atom. The Hall–Kier alpha value is -2.33. The number of benzene rings is 2. The zero-order valence-corrected chi connectivity index (χ0v) is 11.0. The van der Waals surface area contributed by atoms with Gasteiger partial charge in [0.2, 0.25) is 5.91 Å². The van der Waals surface area contributed by atoms with E-state index >= 15 is 0 Å². The van der Waals surface area contributed by atoms with E-state index in [1.54, 1.807) is 4.90 Å². The number of anilines is 1. The van der Waals surface area contributed by atoms with E-state index in [-0.39, 0.29) is 11.9 Å². The van der Waals surface area contributed by atoms with Crippen LogP contribution in [0.15, 0.2) is 54.6 Å². The Morgan fingerprint density at radius 3 is 2.25 bits per heavy atom. The van der Waals surface area contributed by atoms with Crippen LogP contribution in [0.3, 0.4) is 0 Å². The molecule has 4 heteroatoms. The van der Waals surface area contributed by atoms with E-state index in [9.17, 15) is 4.79 Å². The van der Waals surface area contributed by atoms with Gasteiger partial charge in [-0.25, -0.2) is 0 Å². The Balaban J connectivity index is 1.73. The molecule has 1 aliphatic rings. The number of nitrogens with two attached hydrogens (primary N) is 1. The highest BCUT2D eigenvalue weighted by Gasteiger charge is 2.27. The Kier molecular flexibility index (Phi) is 3.39. The summed E-state index contributed by atoms with van der Waals surface area (Å²) in [5, 5.41) is 0. The predicted octanol–water partition coefficient (Wildman–Crippen LogP) is 2.54. The Labute approximate surface area is 117 Å². The molecule has 4 nitrogen and oxygen atoms in total. The maximum atomic E-state index is 11.8. The van der Waals surface area contributed by atoms with Gasteiger partial charge in [-0.05, 0) is 36.4 Å². The minimum Gasteiger partial charge on any atom is -0.457 e. The van der Waals surface area contributed by atoms with Gasteiger partial charge in [0.15, 0.2) is 0 Å². The molecule has 0 aliphatic carbocycles. The van der Waals surface area contributed by atoms with E-state index < -0.39 is 0 Å². The Morgan fingerprint density at radius 2 is 1.65 bits per heavy atom. The lowest BCUT2D eigenvalue weighted by Gasteiger charge is -2.16. The van der Waals surface area contributed by atoms with Crippen LogP contribution in [0.2, 0.25) is 0 Å². The normalized spacial score (nSPS) is 18.4. The summed E-state index contributed by atoms with van der Waals surface area (Å²) in [6.07, 6.45) is 0.419. The summed E-state index contributed by atoms with van der Waals surface area (Å²) in [6.45, 7) is 0.581. The van der Waals surface area contributed by atoms with Gasteiger partial charge >= 0.3 is 0 Å². The average molecular weight is 268 g/mol. The number of ether oxygens (including phenoxy) is 1. The highest BCUT2D eigenvalue weighted by atomic mass is 16.5. The monoisotopic (exact) mass is 268 g/mol. The average Bonchev–Trinajstić information content (AvgIpc) is 2.80. The molecule has 3 rings (SSSR count). The molecule has 0 unspecified atom stereocenters. The SMILES string of the molecule is N[C@H]1CC(=O)N(c2ccc(Oc3ccccc3)cc2)C1. The van der Waals surface area contributed by atoms with Crippen LogP contribution in [0.1, 0.15) is 6.42 Å². The van der Waals surface area contributed by atoms with Crippen molar-refractivity contribution >= 4 is 11.6 Å². The molecule has 1 saturated heterocycles. The van der Waals surface area contributed by atoms with Crippen molar-refractivity contribution in [3.8, 4) is 11.5 Å². The maximum absolute atomic E-state index is 11.8. The minimum atomic E-state index is -0.0669. The largest absolute Gasteiger partial charge is 0.457 e. The van der Waals surface area contributed by atoms with E-state index in [1.807, 2.05) is 54.6 Å². The lowest BCUT2D eigenvalue weighted by molar-refractivity contribution is -0.117. The molecule has 1 aliphatic heterocycles. The maximum Gasteiger partial charge on any atom is 0.228 e. The molecule has 102 valence electrons. The van der Waals surface area contributed by atoms with Crippen LogP contribution in [0.25, 0.3) is 0 Å². The van der Waals surface area contributed by atoms with E-state index in [4.69, 9.17) is 10.5 Å². The van der Waals surface area contributed by atoms with Crippen LogP contribution in [0.4, 0.5) is 5.69 Å². The zero-order valence-electron chi connectivity index (χ0n) is 11.0. The standard InChI is InChI=1S/C16H16N2O2/c17-12-10-16(19)18(11-12)13-6-8-15(9-7-13)20-14-4-2-1-3-5-14/h1-9,12H,10-11,17H2/t12-/m0/s1. The molecule has 1 amide bonds. The highest BCUT2D eigenvalue weighted by molar-refractivity contribution is 5.96. The topological polar surface area (TPSA) is 55.6 Å². The van der Waals surface area contributed by atoms with Gasteiger partial charge in [0.25, 0.3) is 0 Å². The highest BCUT2D eigenvalue weighted by Crippen LogP contribution is 2.26. The van der Waals surface area contributed by atoms with Crippen molar-refractivity contribution in [3.63, 3.8) is 0 Å². The molecule has 1 atom stereocenters. The fourth-order valence-electron chi connectivity index (χ4n) is 2.30. The number of hydrogen-bond donors (Lipinski definition) is 1. The number of carbonyl (C=O) groups excluding carboxylic acids is 1. The second-order valence-corrected chi connectivity index (χ2v) is 4.88. The van der Waals surface area contributed by atoms with Gasteiger partial charge in [0.05, 0.1) is 0 Å². The van der Waals surface area contributed by atoms with E-state index in [0.717, 1.165) is 17.2 Å². The first-order valence-electron chi connectivity index (χ1n) is 6.61. The summed E-state index contributed by atoms with van der Waals surface area (Å²) < 4.78 is 5.72. The molecular formula is C16H16N2O2. The summed E-state index contributed by atoms with van der Waals surface area (Å²) in [5.74, 6) is 1.62. The molecular weight excluding hydrogens is 252 g/mol. The lowest BCUT2D eigenvalue weighted by atomic mass is 10.2. The third kappa shape index (κ3) is 2.65. The second kappa shape index (κ2) is 5.35. The Bertz CT molecular complexity index is 596. The predicted molar refractivity (Wildman–Crippen MR) is 77.9 cm³/mol. The molecule has 20 heavy (non-hydrogen) atoms. The van der Waals surface area contributed by atoms with Gasteiger partial charge < -0.3 is 15.4 Å². The van der Waals surface area contributed by atoms with Crippen LogP contribution in [-0.4, -0.2) is 18.5 Å². The summed E-state index contributed by atoms with van der Waals surface area (Å²) >= 11 is 0. The number of amides is 1. The first kappa shape index (κ1) is 12.7. The molecule has 2 N–H and O–H groups in total. The number of carbonyl (C=O) groups is 1. The summed E-state index contributed by atoms with van der Waals surface area (Å²) in [5.41, 5.74) is 6.66. The number of hydrogen-bond acceptors (Lipinski definition) is 3. The summed E-state index contributed by atoms with van der Waals surface area (Å²) in [6, 6.07) is 17.0. The van der Waals surface area contributed by atoms with Crippen molar-refractivity contribution in [1.29, 1.82) is 0 Å². The van der Waals surface area contributed by atoms with E-state index in [0.29, 0.717) is 13.0 Å². The smallest absolute Gasteiger partial charge is 0.228 e. The molecule has 2 aromatic rings. The summed E-state index contributed by atoms with van der Waals surface area (Å²) in [7, 11) is 0. The second-order valence-electron chi connectivity index (χ2n) is 4.88. The van der Waals surface area contributed by atoms with Gasteiger partial charge in [-0.1, -0.05) is 18.2 Å². The number of para-hydroxylation sites is 1. The fraction of sp³-hybridized carbons (Fsp3) is 0.188. The number of rotatable bonds is 3. The molecule has 0 spiro atoms. The van der Waals surface area contributed by atoms with Crippen molar-refractivity contribution in [3.05, 3.63) is 54.6 Å². The fourth-order valence-corrected chi connectivity index (χ4v) is 2.30. The van der Waals surface area contributed by atoms with Crippen LogP contribution >= 0.6 is 0 Å². The minimum absolute atomic E-state index is 0.0669. The molecule has 1 heterocycles. The van der Waals surface area contributed by atoms with Gasteiger partial charge in [-0.3, -0.25) is 4.79 Å². The van der Waals surface area contributed by atoms with Gasteiger partial charge in [-0.15, -0.1) is 0 Å². The van der Waals surface area contributed by atoms with E-state index in [2.05, 4.69) is 0 Å². The van der Waals surface area contributed by atoms with Crippen molar-refractivity contribution in [2.75, 3.05) is 11.4 Å². The lowest BCUT2D eigenvalue weighted by Crippen LogP contribution is -2.27. The first-order chi connectivity index (χ1) is 9.72. The molecule has 0 radical (unpaired) electrons. The van der Waals surface area contributed by atoms with Crippen molar-refractivity contribution < 1.29 is 9.53 Å². The first-order valence-corrected chi connectivity index (χ1v) is 6.61. The number of nitrogens with zero attached hydrogens (tertiary/aromatic N) is 1. The molecule has 0 saturated carbocycles. The molecule has 0 bridgehead atoms. The zero-order chi connectivity index (χ0) is 13.9. The van der Waals surface area contributed by atoms with Crippen LogP contribution in [-0.2, 0) is 4.79 Å². The third-order valence-electron chi connectivity index (χ3n) is 3.28. The van der Waals surface area contributed by atoms with Crippen molar-refractivity contribution in [2.45, 2.75) is 12.5 Å².